The molecule has 0 heterocycles. The molecule has 0 aliphatic carbocycles. The van der Waals surface area contributed by atoms with Crippen molar-refractivity contribution in [2.75, 3.05) is 0 Å². The molecule has 1 aromatic rings. The summed E-state index contributed by atoms with van der Waals surface area (Å²) in [6.07, 6.45) is 2.30. The highest BCUT2D eigenvalue weighted by Crippen LogP contribution is 2.08. The molecule has 0 aromatic heterocycles. The van der Waals surface area contributed by atoms with Crippen LogP contribution in [0.25, 0.3) is 0 Å². The quantitative estimate of drug-likeness (QED) is 0.563. The zero-order valence-corrected chi connectivity index (χ0v) is 10.1. The van der Waals surface area contributed by atoms with Gasteiger partial charge in [0.1, 0.15) is 0 Å². The van der Waals surface area contributed by atoms with E-state index in [-0.39, 0.29) is 0 Å². The Hall–Kier alpha value is -0.0831. The van der Waals surface area contributed by atoms with Crippen LogP contribution >= 0.6 is 15.3 Å². The van der Waals surface area contributed by atoms with Crippen LogP contribution in [0.2, 0.25) is 0 Å². The lowest BCUT2D eigenvalue weighted by Crippen LogP contribution is -2.16. The molecule has 0 amide bonds. The van der Waals surface area contributed by atoms with Crippen molar-refractivity contribution in [2.24, 2.45) is 0 Å². The van der Waals surface area contributed by atoms with E-state index in [0.29, 0.717) is 0 Å². The van der Waals surface area contributed by atoms with E-state index < -0.39 is 0 Å². The van der Waals surface area contributed by atoms with Gasteiger partial charge in [-0.2, -0.15) is 0 Å². The monoisotopic (exact) mass is 240 g/mol. The van der Waals surface area contributed by atoms with Gasteiger partial charge >= 0.3 is 0 Å². The molecule has 12 heavy (non-hydrogen) atoms. The van der Waals surface area contributed by atoms with Crippen LogP contribution in [0.3, 0.4) is 0 Å². The molecule has 0 fully saturated rings. The molecule has 2 heteroatoms. The lowest BCUT2D eigenvalue weighted by Gasteiger charge is -2.09. The number of hydrogen-bond acceptors (Lipinski definition) is 0. The summed E-state index contributed by atoms with van der Waals surface area (Å²) in [5.41, 5.74) is 3.04. The van der Waals surface area contributed by atoms with Crippen LogP contribution in [0.4, 0.5) is 0 Å². The summed E-state index contributed by atoms with van der Waals surface area (Å²) in [4.78, 5) is 0. The van der Waals surface area contributed by atoms with Gasteiger partial charge in [-0.1, -0.05) is 32.0 Å². The third-order valence-corrected chi connectivity index (χ3v) is 4.06. The van der Waals surface area contributed by atoms with Crippen LogP contribution in [0.1, 0.15) is 25.0 Å². The first kappa shape index (κ1) is 10.0. The van der Waals surface area contributed by atoms with E-state index in [2.05, 4.69) is 47.3 Å². The van der Waals surface area contributed by atoms with E-state index in [0.717, 1.165) is 21.0 Å². The predicted molar refractivity (Wildman–Crippen MR) is 59.5 cm³/mol. The summed E-state index contributed by atoms with van der Waals surface area (Å²) >= 11 is 3.54. The summed E-state index contributed by atoms with van der Waals surface area (Å²) in [7, 11) is 0.748. The normalized spacial score (nSPS) is 10.2. The maximum Gasteiger partial charge on any atom is 0.176 e. The van der Waals surface area contributed by atoms with Crippen molar-refractivity contribution in [1.82, 2.24) is 0 Å². The summed E-state index contributed by atoms with van der Waals surface area (Å²) < 4.78 is 0. The Morgan fingerprint density at radius 3 is 2.50 bits per heavy atom. The Bertz CT molecular complexity index is 236. The number of benzene rings is 1. The third kappa shape index (κ3) is 1.99. The molecular formula is C10H13BrSi. The van der Waals surface area contributed by atoms with Gasteiger partial charge in [0, 0.05) is 0 Å². The fourth-order valence-corrected chi connectivity index (χ4v) is 3.20. The van der Waals surface area contributed by atoms with Crippen molar-refractivity contribution in [3.8, 4) is 0 Å². The summed E-state index contributed by atoms with van der Waals surface area (Å²) in [5.74, 6) is 0. The van der Waals surface area contributed by atoms with Gasteiger partial charge in [0.05, 0.1) is 0 Å². The number of rotatable bonds is 3. The van der Waals surface area contributed by atoms with Crippen molar-refractivity contribution in [1.29, 1.82) is 0 Å². The molecule has 0 aliphatic heterocycles. The van der Waals surface area contributed by atoms with E-state index >= 15 is 0 Å². The molecule has 0 aliphatic rings. The second-order valence-electron chi connectivity index (χ2n) is 2.74. The highest BCUT2D eigenvalue weighted by molar-refractivity contribution is 9.23. The first-order valence-electron chi connectivity index (χ1n) is 4.30. The van der Waals surface area contributed by atoms with Gasteiger partial charge < -0.3 is 0 Å². The van der Waals surface area contributed by atoms with Crippen molar-refractivity contribution < 1.29 is 0 Å². The number of hydrogen-bond donors (Lipinski definition) is 0. The molecule has 0 spiro atoms. The largest absolute Gasteiger partial charge is 0.176 e. The van der Waals surface area contributed by atoms with Crippen molar-refractivity contribution in [3.63, 3.8) is 0 Å². The predicted octanol–water partition coefficient (Wildman–Crippen LogP) is 2.45. The first-order chi connectivity index (χ1) is 5.83. The minimum atomic E-state index is 0.748. The van der Waals surface area contributed by atoms with Crippen molar-refractivity contribution in [2.45, 2.75) is 26.7 Å². The lowest BCUT2D eigenvalue weighted by molar-refractivity contribution is 1.05. The molecule has 0 nitrogen and oxygen atoms in total. The minimum Gasteiger partial charge on any atom is -0.125 e. The van der Waals surface area contributed by atoms with Gasteiger partial charge in [0.2, 0.25) is 0 Å². The van der Waals surface area contributed by atoms with E-state index in [1.807, 2.05) is 0 Å². The zero-order valence-electron chi connectivity index (χ0n) is 7.52. The van der Waals surface area contributed by atoms with Gasteiger partial charge in [0.15, 0.2) is 8.14 Å². The maximum absolute atomic E-state index is 3.54. The summed E-state index contributed by atoms with van der Waals surface area (Å²) in [6, 6.07) is 6.60. The summed E-state index contributed by atoms with van der Waals surface area (Å²) in [6.45, 7) is 4.45. The van der Waals surface area contributed by atoms with E-state index in [4.69, 9.17) is 0 Å². The maximum atomic E-state index is 3.54. The number of halogens is 1. The zero-order chi connectivity index (χ0) is 8.97. The smallest absolute Gasteiger partial charge is 0.125 e. The number of aryl methyl sites for hydroxylation is 1. The van der Waals surface area contributed by atoms with Crippen LogP contribution < -0.4 is 5.19 Å². The molecule has 1 aromatic carbocycles. The molecule has 0 unspecified atom stereocenters. The second-order valence-corrected chi connectivity index (χ2v) is 4.66. The Labute approximate surface area is 84.8 Å². The molecule has 1 rings (SSSR count). The van der Waals surface area contributed by atoms with Gasteiger partial charge in [-0.15, -0.1) is 15.3 Å². The standard InChI is InChI=1S/C10H13BrSi/c1-3-8-6-5-7-10(12-11)9(8)4-2/h5-7H,3-4H2,1-2H3. The van der Waals surface area contributed by atoms with Gasteiger partial charge in [0.25, 0.3) is 0 Å². The molecule has 0 saturated heterocycles. The molecule has 0 saturated carbocycles. The molecular weight excluding hydrogens is 228 g/mol. The second kappa shape index (κ2) is 4.82. The highest BCUT2D eigenvalue weighted by atomic mass is 79.9. The Morgan fingerprint density at radius 2 is 2.00 bits per heavy atom. The van der Waals surface area contributed by atoms with Gasteiger partial charge in [-0.05, 0) is 29.2 Å². The summed E-state index contributed by atoms with van der Waals surface area (Å²) in [5, 5.41) is 1.47. The Morgan fingerprint density at radius 1 is 1.25 bits per heavy atom. The van der Waals surface area contributed by atoms with Crippen LogP contribution in [0, 0.1) is 0 Å². The topological polar surface area (TPSA) is 0 Å². The van der Waals surface area contributed by atoms with Crippen LogP contribution in [0.5, 0.6) is 0 Å². The Balaban J connectivity index is 3.13. The van der Waals surface area contributed by atoms with Crippen LogP contribution in [0.15, 0.2) is 18.2 Å². The van der Waals surface area contributed by atoms with Gasteiger partial charge in [-0.3, -0.25) is 0 Å². The molecule has 0 bridgehead atoms. The van der Waals surface area contributed by atoms with Crippen molar-refractivity contribution >= 4 is 28.6 Å². The van der Waals surface area contributed by atoms with Crippen LogP contribution in [-0.2, 0) is 12.8 Å². The fraction of sp³-hybridized carbons (Fsp3) is 0.400. The fourth-order valence-electron chi connectivity index (χ4n) is 1.47. The minimum absolute atomic E-state index is 0.748. The van der Waals surface area contributed by atoms with Crippen LogP contribution in [-0.4, -0.2) is 8.14 Å². The SMILES string of the molecule is CCc1cccc([Si]Br)c1CC. The lowest BCUT2D eigenvalue weighted by atomic mass is 10.0. The average molecular weight is 241 g/mol. The Kier molecular flexibility index (Phi) is 4.02. The van der Waals surface area contributed by atoms with E-state index in [1.54, 1.807) is 0 Å². The molecule has 0 atom stereocenters. The van der Waals surface area contributed by atoms with E-state index in [1.165, 1.54) is 16.3 Å². The first-order valence-corrected chi connectivity index (χ1v) is 7.56. The third-order valence-electron chi connectivity index (χ3n) is 2.11. The highest BCUT2D eigenvalue weighted by Gasteiger charge is 2.03. The van der Waals surface area contributed by atoms with Crippen molar-refractivity contribution in [3.05, 3.63) is 29.3 Å². The molecule has 2 radical (unpaired) electrons. The molecule has 64 valence electrons. The average Bonchev–Trinajstić information content (AvgIpc) is 2.16. The van der Waals surface area contributed by atoms with Gasteiger partial charge in [-0.25, -0.2) is 0 Å². The van der Waals surface area contributed by atoms with E-state index in [9.17, 15) is 0 Å². The molecule has 0 N–H and O–H groups in total.